The van der Waals surface area contributed by atoms with Crippen molar-refractivity contribution >= 4 is 6.09 Å². The monoisotopic (exact) mass is 249 g/mol. The fourth-order valence-electron chi connectivity index (χ4n) is 1.10. The second kappa shape index (κ2) is 5.98. The average molecular weight is 249 g/mol. The lowest BCUT2D eigenvalue weighted by molar-refractivity contribution is -0.0415. The molecular weight excluding hydrogens is 228 g/mol. The van der Waals surface area contributed by atoms with Crippen molar-refractivity contribution in [1.82, 2.24) is 5.32 Å². The molecule has 0 unspecified atom stereocenters. The highest BCUT2D eigenvalue weighted by Crippen LogP contribution is 2.25. The predicted molar refractivity (Wildman–Crippen MR) is 63.2 cm³/mol. The number of carbonyl (C=O) groups is 1. The van der Waals surface area contributed by atoms with E-state index in [0.717, 1.165) is 0 Å². The summed E-state index contributed by atoms with van der Waals surface area (Å²) in [6, 6.07) is -1.27. The summed E-state index contributed by atoms with van der Waals surface area (Å²) < 4.78 is 31.9. The van der Waals surface area contributed by atoms with Gasteiger partial charge in [-0.15, -0.1) is 6.58 Å². The van der Waals surface area contributed by atoms with Crippen LogP contribution in [0.5, 0.6) is 0 Å². The zero-order chi connectivity index (χ0) is 13.7. The molecule has 0 bridgehead atoms. The summed E-state index contributed by atoms with van der Waals surface area (Å²) in [5.41, 5.74) is -0.694. The van der Waals surface area contributed by atoms with Crippen molar-refractivity contribution in [1.29, 1.82) is 0 Å². The maximum absolute atomic E-state index is 13.5. The van der Waals surface area contributed by atoms with E-state index in [1.807, 2.05) is 0 Å². The van der Waals surface area contributed by atoms with E-state index < -0.39 is 23.7 Å². The van der Waals surface area contributed by atoms with Crippen LogP contribution in [0.3, 0.4) is 0 Å². The molecule has 0 aromatic carbocycles. The van der Waals surface area contributed by atoms with Crippen LogP contribution in [0.2, 0.25) is 0 Å². The molecule has 3 nitrogen and oxygen atoms in total. The number of alkyl carbamates (subject to hydrolysis) is 1. The summed E-state index contributed by atoms with van der Waals surface area (Å²) in [5, 5.41) is 2.14. The van der Waals surface area contributed by atoms with Crippen LogP contribution in [0, 0.1) is 0 Å². The Morgan fingerprint density at radius 2 is 2.00 bits per heavy atom. The zero-order valence-corrected chi connectivity index (χ0v) is 10.8. The topological polar surface area (TPSA) is 38.3 Å². The molecule has 0 saturated carbocycles. The third-order valence-electron chi connectivity index (χ3n) is 2.05. The van der Waals surface area contributed by atoms with E-state index >= 15 is 0 Å². The number of hydrogen-bond acceptors (Lipinski definition) is 2. The van der Waals surface area contributed by atoms with Crippen LogP contribution >= 0.6 is 0 Å². The third-order valence-corrected chi connectivity index (χ3v) is 2.05. The van der Waals surface area contributed by atoms with Crippen LogP contribution in [0.4, 0.5) is 13.6 Å². The molecule has 0 aliphatic carbocycles. The van der Waals surface area contributed by atoms with Crippen molar-refractivity contribution in [3.05, 3.63) is 12.7 Å². The van der Waals surface area contributed by atoms with Crippen molar-refractivity contribution in [2.24, 2.45) is 0 Å². The van der Waals surface area contributed by atoms with Gasteiger partial charge in [0.25, 0.3) is 5.92 Å². The Labute approximate surface area is 101 Å². The second-order valence-electron chi connectivity index (χ2n) is 4.96. The number of halogens is 2. The molecule has 1 atom stereocenters. The molecule has 100 valence electrons. The number of rotatable bonds is 5. The fraction of sp³-hybridized carbons (Fsp3) is 0.750. The van der Waals surface area contributed by atoms with Crippen LogP contribution in [-0.2, 0) is 4.74 Å². The number of amides is 1. The molecule has 0 fully saturated rings. The summed E-state index contributed by atoms with van der Waals surface area (Å²) in [5.74, 6) is -2.97. The summed E-state index contributed by atoms with van der Waals surface area (Å²) >= 11 is 0. The van der Waals surface area contributed by atoms with Gasteiger partial charge in [0.1, 0.15) is 5.60 Å². The average Bonchev–Trinajstić information content (AvgIpc) is 2.11. The molecule has 0 heterocycles. The highest BCUT2D eigenvalue weighted by Gasteiger charge is 2.37. The van der Waals surface area contributed by atoms with Crippen molar-refractivity contribution in [2.75, 3.05) is 0 Å². The molecule has 0 aliphatic rings. The normalized spacial score (nSPS) is 14.0. The summed E-state index contributed by atoms with van der Waals surface area (Å²) in [7, 11) is 0. The van der Waals surface area contributed by atoms with Gasteiger partial charge >= 0.3 is 6.09 Å². The molecule has 0 saturated heterocycles. The van der Waals surface area contributed by atoms with Crippen LogP contribution in [-0.4, -0.2) is 23.7 Å². The van der Waals surface area contributed by atoms with Crippen molar-refractivity contribution in [3.8, 4) is 0 Å². The number of ether oxygens (including phenoxy) is 1. The van der Waals surface area contributed by atoms with E-state index in [0.29, 0.717) is 0 Å². The highest BCUT2D eigenvalue weighted by molar-refractivity contribution is 5.68. The van der Waals surface area contributed by atoms with Crippen molar-refractivity contribution in [3.63, 3.8) is 0 Å². The first-order chi connectivity index (χ1) is 7.58. The molecule has 0 radical (unpaired) electrons. The Morgan fingerprint density at radius 1 is 1.47 bits per heavy atom. The molecule has 1 N–H and O–H groups in total. The van der Waals surface area contributed by atoms with E-state index in [4.69, 9.17) is 4.74 Å². The first kappa shape index (κ1) is 15.9. The van der Waals surface area contributed by atoms with Crippen LogP contribution in [0.15, 0.2) is 12.7 Å². The maximum Gasteiger partial charge on any atom is 0.408 e. The minimum atomic E-state index is -2.97. The Morgan fingerprint density at radius 3 is 2.41 bits per heavy atom. The first-order valence-electron chi connectivity index (χ1n) is 5.57. The van der Waals surface area contributed by atoms with E-state index in [9.17, 15) is 13.6 Å². The van der Waals surface area contributed by atoms with Gasteiger partial charge < -0.3 is 10.1 Å². The Bertz CT molecular complexity index is 272. The van der Waals surface area contributed by atoms with Gasteiger partial charge in [-0.25, -0.2) is 13.6 Å². The lowest BCUT2D eigenvalue weighted by Gasteiger charge is -2.26. The SMILES string of the molecule is C=CCCC(F)(F)[C@@H](C)NC(=O)OC(C)(C)C. The van der Waals surface area contributed by atoms with Gasteiger partial charge in [-0.05, 0) is 34.1 Å². The van der Waals surface area contributed by atoms with Gasteiger partial charge in [0, 0.05) is 6.42 Å². The molecule has 0 aliphatic heterocycles. The molecule has 0 aromatic heterocycles. The number of alkyl halides is 2. The summed E-state index contributed by atoms with van der Waals surface area (Å²) in [6.07, 6.45) is 0.456. The van der Waals surface area contributed by atoms with Gasteiger partial charge in [0.15, 0.2) is 0 Å². The van der Waals surface area contributed by atoms with Gasteiger partial charge in [-0.1, -0.05) is 6.08 Å². The van der Waals surface area contributed by atoms with Crippen LogP contribution in [0.1, 0.15) is 40.5 Å². The number of nitrogens with one attached hydrogen (secondary N) is 1. The number of hydrogen-bond donors (Lipinski definition) is 1. The second-order valence-corrected chi connectivity index (χ2v) is 4.96. The lowest BCUT2D eigenvalue weighted by Crippen LogP contribution is -2.47. The van der Waals surface area contributed by atoms with Crippen molar-refractivity contribution < 1.29 is 18.3 Å². The first-order valence-corrected chi connectivity index (χ1v) is 5.57. The van der Waals surface area contributed by atoms with Crippen LogP contribution in [0.25, 0.3) is 0 Å². The van der Waals surface area contributed by atoms with Gasteiger partial charge in [-0.3, -0.25) is 0 Å². The number of allylic oxidation sites excluding steroid dienone is 1. The maximum atomic E-state index is 13.5. The Kier molecular flexibility index (Phi) is 5.58. The standard InChI is InChI=1S/C12H21F2NO2/c1-6-7-8-12(13,14)9(2)15-10(16)17-11(3,4)5/h6,9H,1,7-8H2,2-5H3,(H,15,16)/t9-/m1/s1. The molecule has 0 spiro atoms. The minimum Gasteiger partial charge on any atom is -0.444 e. The Hall–Kier alpha value is -1.13. The summed E-state index contributed by atoms with van der Waals surface area (Å²) in [4.78, 5) is 11.3. The Balaban J connectivity index is 4.28. The molecule has 5 heteroatoms. The highest BCUT2D eigenvalue weighted by atomic mass is 19.3. The third kappa shape index (κ3) is 6.92. The largest absolute Gasteiger partial charge is 0.444 e. The molecule has 0 rings (SSSR count). The van der Waals surface area contributed by atoms with E-state index in [2.05, 4.69) is 11.9 Å². The smallest absolute Gasteiger partial charge is 0.408 e. The predicted octanol–water partition coefficient (Wildman–Crippen LogP) is 3.50. The van der Waals surface area contributed by atoms with Gasteiger partial charge in [-0.2, -0.15) is 0 Å². The zero-order valence-electron chi connectivity index (χ0n) is 10.8. The van der Waals surface area contributed by atoms with Crippen LogP contribution < -0.4 is 5.32 Å². The molecule has 1 amide bonds. The van der Waals surface area contributed by atoms with Crippen molar-refractivity contribution in [2.45, 2.75) is 58.1 Å². The molecule has 17 heavy (non-hydrogen) atoms. The molecular formula is C12H21F2NO2. The van der Waals surface area contributed by atoms with E-state index in [1.165, 1.54) is 13.0 Å². The van der Waals surface area contributed by atoms with E-state index in [-0.39, 0.29) is 12.8 Å². The van der Waals surface area contributed by atoms with Gasteiger partial charge in [0.2, 0.25) is 0 Å². The fourth-order valence-corrected chi connectivity index (χ4v) is 1.10. The molecule has 0 aromatic rings. The minimum absolute atomic E-state index is 0.202. The summed E-state index contributed by atoms with van der Waals surface area (Å²) in [6.45, 7) is 9.67. The quantitative estimate of drug-likeness (QED) is 0.757. The number of carbonyl (C=O) groups excluding carboxylic acids is 1. The lowest BCUT2D eigenvalue weighted by atomic mass is 10.1. The van der Waals surface area contributed by atoms with E-state index in [1.54, 1.807) is 20.8 Å². The van der Waals surface area contributed by atoms with Gasteiger partial charge in [0.05, 0.1) is 6.04 Å².